The number of aryl methyl sites for hydroxylation is 2. The fraction of sp³-hybridized carbons (Fsp3) is 0.579. The number of fused-ring (bicyclic) bond motifs is 1. The van der Waals surface area contributed by atoms with E-state index in [1.54, 1.807) is 4.90 Å². The van der Waals surface area contributed by atoms with Crippen LogP contribution in [-0.2, 0) is 27.2 Å². The summed E-state index contributed by atoms with van der Waals surface area (Å²) in [5.41, 5.74) is 3.69. The van der Waals surface area contributed by atoms with E-state index in [4.69, 9.17) is 4.74 Å². The normalized spacial score (nSPS) is 24.3. The summed E-state index contributed by atoms with van der Waals surface area (Å²) >= 11 is 0. The SMILES string of the molecule is O=C(OC1CCCC1)[C@@H]1CC(=O)N(c2ccc3c(c2)CCC3)C1. The number of rotatable bonds is 3. The van der Waals surface area contributed by atoms with Crippen molar-refractivity contribution in [3.63, 3.8) is 0 Å². The third-order valence-corrected chi connectivity index (χ3v) is 5.44. The lowest BCUT2D eigenvalue weighted by Gasteiger charge is -2.18. The summed E-state index contributed by atoms with van der Waals surface area (Å²) in [5, 5.41) is 0. The molecule has 0 radical (unpaired) electrons. The fourth-order valence-electron chi connectivity index (χ4n) is 4.11. The number of esters is 1. The number of carbonyl (C=O) groups excluding carboxylic acids is 2. The van der Waals surface area contributed by atoms with Crippen LogP contribution in [0, 0.1) is 5.92 Å². The van der Waals surface area contributed by atoms with E-state index < -0.39 is 0 Å². The van der Waals surface area contributed by atoms with Crippen LogP contribution in [0.25, 0.3) is 0 Å². The average Bonchev–Trinajstić information content (AvgIpc) is 3.26. The van der Waals surface area contributed by atoms with Gasteiger partial charge in [-0.2, -0.15) is 0 Å². The van der Waals surface area contributed by atoms with Gasteiger partial charge in [0.2, 0.25) is 5.91 Å². The Bertz CT molecular complexity index is 634. The van der Waals surface area contributed by atoms with Gasteiger partial charge in [-0.05, 0) is 68.2 Å². The molecule has 0 unspecified atom stereocenters. The number of benzene rings is 1. The molecule has 122 valence electrons. The molecular weight excluding hydrogens is 290 g/mol. The number of hydrogen-bond acceptors (Lipinski definition) is 3. The maximum absolute atomic E-state index is 12.3. The van der Waals surface area contributed by atoms with Crippen LogP contribution < -0.4 is 4.90 Å². The van der Waals surface area contributed by atoms with Crippen LogP contribution in [0.4, 0.5) is 5.69 Å². The van der Waals surface area contributed by atoms with Crippen LogP contribution in [0.2, 0.25) is 0 Å². The molecule has 1 saturated carbocycles. The van der Waals surface area contributed by atoms with E-state index in [0.717, 1.165) is 44.2 Å². The number of ether oxygens (including phenoxy) is 1. The lowest BCUT2D eigenvalue weighted by Crippen LogP contribution is -2.27. The summed E-state index contributed by atoms with van der Waals surface area (Å²) in [7, 11) is 0. The quantitative estimate of drug-likeness (QED) is 0.806. The summed E-state index contributed by atoms with van der Waals surface area (Å²) in [6.07, 6.45) is 8.02. The molecule has 4 heteroatoms. The molecule has 1 aromatic rings. The van der Waals surface area contributed by atoms with Gasteiger partial charge in [0.1, 0.15) is 6.10 Å². The smallest absolute Gasteiger partial charge is 0.311 e. The minimum atomic E-state index is -0.309. The van der Waals surface area contributed by atoms with Crippen molar-refractivity contribution >= 4 is 17.6 Å². The largest absolute Gasteiger partial charge is 0.462 e. The highest BCUT2D eigenvalue weighted by atomic mass is 16.5. The zero-order chi connectivity index (χ0) is 15.8. The fourth-order valence-corrected chi connectivity index (χ4v) is 4.11. The van der Waals surface area contributed by atoms with Gasteiger partial charge in [-0.3, -0.25) is 9.59 Å². The molecular formula is C19H23NO3. The van der Waals surface area contributed by atoms with Crippen LogP contribution in [0.15, 0.2) is 18.2 Å². The minimum absolute atomic E-state index is 0.0383. The number of hydrogen-bond donors (Lipinski definition) is 0. The number of carbonyl (C=O) groups is 2. The van der Waals surface area contributed by atoms with Gasteiger partial charge in [-0.25, -0.2) is 0 Å². The van der Waals surface area contributed by atoms with E-state index in [1.165, 1.54) is 17.5 Å². The predicted molar refractivity (Wildman–Crippen MR) is 87.3 cm³/mol. The summed E-state index contributed by atoms with van der Waals surface area (Å²) < 4.78 is 5.58. The van der Waals surface area contributed by atoms with E-state index >= 15 is 0 Å². The molecule has 1 aliphatic heterocycles. The van der Waals surface area contributed by atoms with Crippen molar-refractivity contribution in [2.24, 2.45) is 5.92 Å². The molecule has 3 aliphatic rings. The van der Waals surface area contributed by atoms with Gasteiger partial charge in [-0.15, -0.1) is 0 Å². The molecule has 4 nitrogen and oxygen atoms in total. The molecule has 0 bridgehead atoms. The Kier molecular flexibility index (Phi) is 3.83. The van der Waals surface area contributed by atoms with Gasteiger partial charge in [0.25, 0.3) is 0 Å². The molecule has 0 N–H and O–H groups in total. The minimum Gasteiger partial charge on any atom is -0.462 e. The second kappa shape index (κ2) is 5.99. The lowest BCUT2D eigenvalue weighted by molar-refractivity contribution is -0.153. The van der Waals surface area contributed by atoms with Gasteiger partial charge in [0, 0.05) is 18.7 Å². The number of nitrogens with zero attached hydrogens (tertiary/aromatic N) is 1. The predicted octanol–water partition coefficient (Wildman–Crippen LogP) is 3.01. The Morgan fingerprint density at radius 3 is 2.70 bits per heavy atom. The van der Waals surface area contributed by atoms with E-state index in [9.17, 15) is 9.59 Å². The zero-order valence-electron chi connectivity index (χ0n) is 13.4. The topological polar surface area (TPSA) is 46.6 Å². The molecule has 0 aromatic heterocycles. The number of amides is 1. The molecule has 2 fully saturated rings. The Morgan fingerprint density at radius 2 is 1.87 bits per heavy atom. The first kappa shape index (κ1) is 14.7. The van der Waals surface area contributed by atoms with E-state index in [2.05, 4.69) is 12.1 Å². The molecule has 0 spiro atoms. The second-order valence-corrected chi connectivity index (χ2v) is 7.06. The summed E-state index contributed by atoms with van der Waals surface area (Å²) in [5.74, 6) is -0.457. The maximum atomic E-state index is 12.3. The van der Waals surface area contributed by atoms with Gasteiger partial charge in [0.15, 0.2) is 0 Å². The highest BCUT2D eigenvalue weighted by molar-refractivity contribution is 5.99. The van der Waals surface area contributed by atoms with Crippen LogP contribution >= 0.6 is 0 Å². The standard InChI is InChI=1S/C19H23NO3/c21-18-11-15(19(22)23-17-6-1-2-7-17)12-20(18)16-9-8-13-4-3-5-14(13)10-16/h8-10,15,17H,1-7,11-12H2/t15-/m1/s1. The number of anilines is 1. The first-order valence-electron chi connectivity index (χ1n) is 8.83. The molecule has 2 aliphatic carbocycles. The molecule has 1 amide bonds. The lowest BCUT2D eigenvalue weighted by atomic mass is 10.1. The first-order chi connectivity index (χ1) is 11.2. The van der Waals surface area contributed by atoms with Gasteiger partial charge >= 0.3 is 5.97 Å². The van der Waals surface area contributed by atoms with E-state index in [1.807, 2.05) is 6.07 Å². The highest BCUT2D eigenvalue weighted by Gasteiger charge is 2.37. The Hall–Kier alpha value is -1.84. The van der Waals surface area contributed by atoms with Gasteiger partial charge < -0.3 is 9.64 Å². The zero-order valence-corrected chi connectivity index (χ0v) is 13.4. The monoisotopic (exact) mass is 313 g/mol. The van der Waals surface area contributed by atoms with Gasteiger partial charge in [-0.1, -0.05) is 6.07 Å². The average molecular weight is 313 g/mol. The first-order valence-corrected chi connectivity index (χ1v) is 8.83. The van der Waals surface area contributed by atoms with E-state index in [0.29, 0.717) is 6.54 Å². The van der Waals surface area contributed by atoms with Crippen molar-refractivity contribution in [1.29, 1.82) is 0 Å². The van der Waals surface area contributed by atoms with Gasteiger partial charge in [0.05, 0.1) is 5.92 Å². The molecule has 23 heavy (non-hydrogen) atoms. The van der Waals surface area contributed by atoms with Crippen LogP contribution in [0.3, 0.4) is 0 Å². The molecule has 1 atom stereocenters. The molecule has 1 heterocycles. The molecule has 1 saturated heterocycles. The molecule has 4 rings (SSSR count). The van der Waals surface area contributed by atoms with E-state index in [-0.39, 0.29) is 30.3 Å². The third-order valence-electron chi connectivity index (χ3n) is 5.44. The molecule has 1 aromatic carbocycles. The highest BCUT2D eigenvalue weighted by Crippen LogP contribution is 2.31. The van der Waals surface area contributed by atoms with Crippen LogP contribution in [-0.4, -0.2) is 24.5 Å². The van der Waals surface area contributed by atoms with Crippen molar-refractivity contribution < 1.29 is 14.3 Å². The third kappa shape index (κ3) is 2.87. The van der Waals surface area contributed by atoms with Crippen molar-refractivity contribution in [2.45, 2.75) is 57.5 Å². The van der Waals surface area contributed by atoms with Crippen LogP contribution in [0.1, 0.15) is 49.7 Å². The van der Waals surface area contributed by atoms with Crippen LogP contribution in [0.5, 0.6) is 0 Å². The van der Waals surface area contributed by atoms with Crippen molar-refractivity contribution in [3.8, 4) is 0 Å². The van der Waals surface area contributed by atoms with Crippen molar-refractivity contribution in [1.82, 2.24) is 0 Å². The summed E-state index contributed by atoms with van der Waals surface area (Å²) in [6, 6.07) is 6.28. The van der Waals surface area contributed by atoms with Crippen molar-refractivity contribution in [3.05, 3.63) is 29.3 Å². The Balaban J connectivity index is 1.44. The van der Waals surface area contributed by atoms with Crippen molar-refractivity contribution in [2.75, 3.05) is 11.4 Å². The maximum Gasteiger partial charge on any atom is 0.311 e. The second-order valence-electron chi connectivity index (χ2n) is 7.06. The summed E-state index contributed by atoms with van der Waals surface area (Å²) in [6.45, 7) is 0.461. The Morgan fingerprint density at radius 1 is 1.09 bits per heavy atom. The summed E-state index contributed by atoms with van der Waals surface area (Å²) in [4.78, 5) is 26.4. The Labute approximate surface area is 136 Å².